The zero-order valence-electron chi connectivity index (χ0n) is 6.25. The average molecular weight is 144 g/mol. The molecule has 10 heavy (non-hydrogen) atoms. The molecule has 3 heteroatoms. The lowest BCUT2D eigenvalue weighted by atomic mass is 10.0. The highest BCUT2D eigenvalue weighted by atomic mass is 16.5. The number of hydrogen-bond acceptors (Lipinski definition) is 3. The van der Waals surface area contributed by atoms with Crippen molar-refractivity contribution in [3.63, 3.8) is 0 Å². The molecule has 1 saturated heterocycles. The quantitative estimate of drug-likeness (QED) is 0.566. The van der Waals surface area contributed by atoms with Crippen LogP contribution in [0.3, 0.4) is 0 Å². The number of hydrogen-bond donors (Lipinski definition) is 2. The highest BCUT2D eigenvalue weighted by Gasteiger charge is 2.19. The van der Waals surface area contributed by atoms with Crippen LogP contribution in [0.5, 0.6) is 0 Å². The van der Waals surface area contributed by atoms with Crippen LogP contribution in [0.2, 0.25) is 0 Å². The molecule has 2 unspecified atom stereocenters. The van der Waals surface area contributed by atoms with Crippen molar-refractivity contribution in [2.24, 2.45) is 11.5 Å². The van der Waals surface area contributed by atoms with Gasteiger partial charge in [-0.15, -0.1) is 0 Å². The molecular formula is C7H16N2O. The van der Waals surface area contributed by atoms with E-state index in [4.69, 9.17) is 16.2 Å². The lowest BCUT2D eigenvalue weighted by Gasteiger charge is -2.28. The fraction of sp³-hybridized carbons (Fsp3) is 1.00. The van der Waals surface area contributed by atoms with E-state index in [1.807, 2.05) is 0 Å². The van der Waals surface area contributed by atoms with Crippen LogP contribution < -0.4 is 11.5 Å². The van der Waals surface area contributed by atoms with Crippen LogP contribution in [0.25, 0.3) is 0 Å². The van der Waals surface area contributed by atoms with Gasteiger partial charge in [-0.3, -0.25) is 0 Å². The summed E-state index contributed by atoms with van der Waals surface area (Å²) >= 11 is 0. The first kappa shape index (κ1) is 7.98. The maximum atomic E-state index is 5.53. The second-order valence-corrected chi connectivity index (χ2v) is 2.78. The van der Waals surface area contributed by atoms with Crippen LogP contribution in [0.4, 0.5) is 0 Å². The van der Waals surface area contributed by atoms with Crippen LogP contribution in [0.15, 0.2) is 0 Å². The summed E-state index contributed by atoms with van der Waals surface area (Å²) < 4.78 is 5.53. The van der Waals surface area contributed by atoms with Crippen LogP contribution in [-0.2, 0) is 4.74 Å². The fourth-order valence-corrected chi connectivity index (χ4v) is 1.33. The zero-order valence-corrected chi connectivity index (χ0v) is 6.25. The first-order chi connectivity index (χ1) is 4.86. The van der Waals surface area contributed by atoms with Crippen molar-refractivity contribution < 1.29 is 4.74 Å². The van der Waals surface area contributed by atoms with E-state index >= 15 is 0 Å². The van der Waals surface area contributed by atoms with Crippen molar-refractivity contribution in [2.75, 3.05) is 13.1 Å². The molecule has 0 spiro atoms. The molecule has 0 radical (unpaired) electrons. The van der Waals surface area contributed by atoms with E-state index in [-0.39, 0.29) is 12.2 Å². The third-order valence-corrected chi connectivity index (χ3v) is 1.96. The number of rotatable bonds is 2. The molecular weight excluding hydrogens is 128 g/mol. The van der Waals surface area contributed by atoms with Gasteiger partial charge in [0.1, 0.15) is 0 Å². The molecule has 60 valence electrons. The molecule has 4 N–H and O–H groups in total. The van der Waals surface area contributed by atoms with Crippen molar-refractivity contribution in [1.29, 1.82) is 0 Å². The molecule has 1 rings (SSSR count). The Morgan fingerprint density at radius 2 is 1.60 bits per heavy atom. The Bertz CT molecular complexity index is 87.6. The van der Waals surface area contributed by atoms with Crippen molar-refractivity contribution >= 4 is 0 Å². The van der Waals surface area contributed by atoms with Gasteiger partial charge in [0, 0.05) is 13.1 Å². The van der Waals surface area contributed by atoms with Gasteiger partial charge in [-0.1, -0.05) is 0 Å². The van der Waals surface area contributed by atoms with E-state index in [9.17, 15) is 0 Å². The first-order valence-corrected chi connectivity index (χ1v) is 3.92. The van der Waals surface area contributed by atoms with E-state index in [0.29, 0.717) is 13.1 Å². The average Bonchev–Trinajstić information content (AvgIpc) is 2.05. The summed E-state index contributed by atoms with van der Waals surface area (Å²) in [5.74, 6) is 0. The summed E-state index contributed by atoms with van der Waals surface area (Å²) in [6.45, 7) is 1.27. The Morgan fingerprint density at radius 1 is 1.10 bits per heavy atom. The van der Waals surface area contributed by atoms with E-state index < -0.39 is 0 Å². The summed E-state index contributed by atoms with van der Waals surface area (Å²) in [7, 11) is 0. The van der Waals surface area contributed by atoms with Crippen LogP contribution in [-0.4, -0.2) is 25.3 Å². The van der Waals surface area contributed by atoms with Gasteiger partial charge in [0.15, 0.2) is 0 Å². The van der Waals surface area contributed by atoms with Gasteiger partial charge in [0.05, 0.1) is 12.2 Å². The molecule has 2 atom stereocenters. The van der Waals surface area contributed by atoms with E-state index in [2.05, 4.69) is 0 Å². The van der Waals surface area contributed by atoms with Crippen LogP contribution in [0.1, 0.15) is 19.3 Å². The Balaban J connectivity index is 2.25. The summed E-state index contributed by atoms with van der Waals surface area (Å²) in [5, 5.41) is 0. The molecule has 3 nitrogen and oxygen atoms in total. The molecule has 1 aliphatic rings. The fourth-order valence-electron chi connectivity index (χ4n) is 1.33. The lowest BCUT2D eigenvalue weighted by Crippen LogP contribution is -2.36. The molecule has 0 aromatic carbocycles. The molecule has 1 aliphatic heterocycles. The topological polar surface area (TPSA) is 61.3 Å². The van der Waals surface area contributed by atoms with Crippen molar-refractivity contribution in [1.82, 2.24) is 0 Å². The Hall–Kier alpha value is -0.120. The smallest absolute Gasteiger partial charge is 0.0701 e. The summed E-state index contributed by atoms with van der Waals surface area (Å²) in [6.07, 6.45) is 3.95. The maximum Gasteiger partial charge on any atom is 0.0701 e. The molecule has 0 saturated carbocycles. The van der Waals surface area contributed by atoms with Gasteiger partial charge in [-0.25, -0.2) is 0 Å². The second-order valence-electron chi connectivity index (χ2n) is 2.78. The maximum absolute atomic E-state index is 5.53. The highest BCUT2D eigenvalue weighted by Crippen LogP contribution is 2.16. The van der Waals surface area contributed by atoms with E-state index in [0.717, 1.165) is 12.8 Å². The molecule has 0 bridgehead atoms. The van der Waals surface area contributed by atoms with Crippen molar-refractivity contribution in [2.45, 2.75) is 31.5 Å². The van der Waals surface area contributed by atoms with Crippen LogP contribution in [0, 0.1) is 0 Å². The molecule has 0 amide bonds. The van der Waals surface area contributed by atoms with Crippen molar-refractivity contribution in [3.8, 4) is 0 Å². The second kappa shape index (κ2) is 3.91. The Kier molecular flexibility index (Phi) is 3.12. The summed E-state index contributed by atoms with van der Waals surface area (Å²) in [6, 6.07) is 0. The number of nitrogens with two attached hydrogens (primary N) is 2. The first-order valence-electron chi connectivity index (χ1n) is 3.92. The van der Waals surface area contributed by atoms with Gasteiger partial charge < -0.3 is 16.2 Å². The van der Waals surface area contributed by atoms with Gasteiger partial charge in [0.25, 0.3) is 0 Å². The largest absolute Gasteiger partial charge is 0.372 e. The third-order valence-electron chi connectivity index (χ3n) is 1.96. The summed E-state index contributed by atoms with van der Waals surface area (Å²) in [5.41, 5.74) is 10.9. The van der Waals surface area contributed by atoms with Gasteiger partial charge in [-0.2, -0.15) is 0 Å². The lowest BCUT2D eigenvalue weighted by molar-refractivity contribution is -0.0390. The zero-order chi connectivity index (χ0) is 7.40. The number of ether oxygens (including phenoxy) is 1. The minimum Gasteiger partial charge on any atom is -0.372 e. The minimum atomic E-state index is 0.266. The van der Waals surface area contributed by atoms with Crippen LogP contribution >= 0.6 is 0 Å². The SMILES string of the molecule is NCC1CCCC(CN)O1. The van der Waals surface area contributed by atoms with Crippen molar-refractivity contribution in [3.05, 3.63) is 0 Å². The minimum absolute atomic E-state index is 0.266. The molecule has 0 aromatic rings. The molecule has 0 aliphatic carbocycles. The van der Waals surface area contributed by atoms with E-state index in [1.165, 1.54) is 6.42 Å². The Morgan fingerprint density at radius 3 is 2.00 bits per heavy atom. The van der Waals surface area contributed by atoms with Gasteiger partial charge in [-0.05, 0) is 19.3 Å². The molecule has 0 aromatic heterocycles. The van der Waals surface area contributed by atoms with E-state index in [1.54, 1.807) is 0 Å². The standard InChI is InChI=1S/C7H16N2O/c8-4-6-2-1-3-7(5-9)10-6/h6-7H,1-5,8-9H2. The van der Waals surface area contributed by atoms with Gasteiger partial charge >= 0.3 is 0 Å². The molecule has 1 heterocycles. The Labute approximate surface area is 61.7 Å². The monoisotopic (exact) mass is 144 g/mol. The highest BCUT2D eigenvalue weighted by molar-refractivity contribution is 4.71. The summed E-state index contributed by atoms with van der Waals surface area (Å²) in [4.78, 5) is 0. The predicted octanol–water partition coefficient (Wildman–Crippen LogP) is -0.159. The van der Waals surface area contributed by atoms with Gasteiger partial charge in [0.2, 0.25) is 0 Å². The normalized spacial score (nSPS) is 34.2. The molecule has 1 fully saturated rings. The predicted molar refractivity (Wildman–Crippen MR) is 40.6 cm³/mol. The third kappa shape index (κ3) is 1.94.